The maximum absolute atomic E-state index is 14.1. The standard InChI is InChI=1S/C19H21FN2O3S/c1-21(17-10-6-5-9-16(17)20)19(23)18(15-7-3-2-4-8-15)22-11-13-26(24,25)14-12-22/h2-10,18H,11-14H2,1H3. The van der Waals surface area contributed by atoms with Gasteiger partial charge < -0.3 is 4.90 Å². The normalized spacial score (nSPS) is 18.2. The lowest BCUT2D eigenvalue weighted by Gasteiger charge is -2.35. The topological polar surface area (TPSA) is 57.7 Å². The van der Waals surface area contributed by atoms with Crippen LogP contribution in [0.3, 0.4) is 0 Å². The summed E-state index contributed by atoms with van der Waals surface area (Å²) >= 11 is 0. The predicted octanol–water partition coefficient (Wildman–Crippen LogP) is 2.26. The second kappa shape index (κ2) is 7.55. The molecule has 2 aromatic rings. The van der Waals surface area contributed by atoms with Gasteiger partial charge in [-0.05, 0) is 17.7 Å². The number of likely N-dealkylation sites (N-methyl/N-ethyl adjacent to an activating group) is 1. The van der Waals surface area contributed by atoms with Gasteiger partial charge in [-0.25, -0.2) is 12.8 Å². The third-order valence-electron chi connectivity index (χ3n) is 4.64. The third kappa shape index (κ3) is 3.94. The molecule has 0 bridgehead atoms. The number of sulfone groups is 1. The molecule has 1 atom stereocenters. The Hall–Kier alpha value is -2.25. The molecule has 26 heavy (non-hydrogen) atoms. The fraction of sp³-hybridized carbons (Fsp3) is 0.316. The van der Waals surface area contributed by atoms with E-state index < -0.39 is 21.7 Å². The largest absolute Gasteiger partial charge is 0.311 e. The minimum atomic E-state index is -3.06. The van der Waals surface area contributed by atoms with Crippen LogP contribution in [0, 0.1) is 5.82 Å². The highest BCUT2D eigenvalue weighted by molar-refractivity contribution is 7.91. The van der Waals surface area contributed by atoms with Crippen LogP contribution in [0.5, 0.6) is 0 Å². The summed E-state index contributed by atoms with van der Waals surface area (Å²) in [5.41, 5.74) is 0.961. The average Bonchev–Trinajstić information content (AvgIpc) is 2.64. The number of rotatable bonds is 4. The number of carbonyl (C=O) groups excluding carboxylic acids is 1. The van der Waals surface area contributed by atoms with Crippen LogP contribution in [0.25, 0.3) is 0 Å². The van der Waals surface area contributed by atoms with E-state index >= 15 is 0 Å². The first kappa shape index (κ1) is 18.5. The Bertz CT molecular complexity index is 873. The van der Waals surface area contributed by atoms with Gasteiger partial charge in [-0.1, -0.05) is 42.5 Å². The number of carbonyl (C=O) groups is 1. The van der Waals surface area contributed by atoms with E-state index in [0.717, 1.165) is 5.56 Å². The van der Waals surface area contributed by atoms with Crippen LogP contribution >= 0.6 is 0 Å². The molecule has 0 spiro atoms. The van der Waals surface area contributed by atoms with Gasteiger partial charge in [-0.15, -0.1) is 0 Å². The van der Waals surface area contributed by atoms with Gasteiger partial charge in [0, 0.05) is 20.1 Å². The Morgan fingerprint density at radius 1 is 1.04 bits per heavy atom. The van der Waals surface area contributed by atoms with Crippen molar-refractivity contribution in [1.29, 1.82) is 0 Å². The highest BCUT2D eigenvalue weighted by Crippen LogP contribution is 2.28. The Balaban J connectivity index is 1.93. The van der Waals surface area contributed by atoms with E-state index in [1.807, 2.05) is 35.2 Å². The minimum absolute atomic E-state index is 0.0209. The van der Waals surface area contributed by atoms with Gasteiger partial charge >= 0.3 is 0 Å². The lowest BCUT2D eigenvalue weighted by molar-refractivity contribution is -0.123. The zero-order valence-corrected chi connectivity index (χ0v) is 15.3. The number of para-hydroxylation sites is 1. The summed E-state index contributed by atoms with van der Waals surface area (Å²) in [5.74, 6) is -0.725. The van der Waals surface area contributed by atoms with E-state index in [0.29, 0.717) is 0 Å². The maximum atomic E-state index is 14.1. The van der Waals surface area contributed by atoms with Crippen molar-refractivity contribution in [3.05, 3.63) is 66.0 Å². The Labute approximate surface area is 153 Å². The van der Waals surface area contributed by atoms with Crippen molar-refractivity contribution in [2.45, 2.75) is 6.04 Å². The number of nitrogens with zero attached hydrogens (tertiary/aromatic N) is 2. The van der Waals surface area contributed by atoms with Gasteiger partial charge in [-0.3, -0.25) is 9.69 Å². The van der Waals surface area contributed by atoms with Gasteiger partial charge in [0.25, 0.3) is 0 Å². The molecule has 1 fully saturated rings. The van der Waals surface area contributed by atoms with Crippen LogP contribution in [-0.4, -0.2) is 50.9 Å². The quantitative estimate of drug-likeness (QED) is 0.821. The number of hydrogen-bond acceptors (Lipinski definition) is 4. The van der Waals surface area contributed by atoms with Gasteiger partial charge in [0.2, 0.25) is 5.91 Å². The van der Waals surface area contributed by atoms with Crippen LogP contribution < -0.4 is 4.90 Å². The molecular formula is C19H21FN2O3S. The van der Waals surface area contributed by atoms with E-state index in [2.05, 4.69) is 0 Å². The van der Waals surface area contributed by atoms with E-state index in [1.54, 1.807) is 18.2 Å². The molecule has 0 radical (unpaired) electrons. The molecule has 2 aromatic carbocycles. The van der Waals surface area contributed by atoms with Crippen molar-refractivity contribution < 1.29 is 17.6 Å². The molecule has 0 saturated carbocycles. The van der Waals surface area contributed by atoms with Crippen molar-refractivity contribution >= 4 is 21.4 Å². The SMILES string of the molecule is CN(C(=O)C(c1ccccc1)N1CCS(=O)(=O)CC1)c1ccccc1F. The van der Waals surface area contributed by atoms with Crippen molar-refractivity contribution in [3.8, 4) is 0 Å². The summed E-state index contributed by atoms with van der Waals surface area (Å²) in [7, 11) is -1.52. The fourth-order valence-corrected chi connectivity index (χ4v) is 4.39. The lowest BCUT2D eigenvalue weighted by atomic mass is 10.0. The van der Waals surface area contributed by atoms with E-state index in [-0.39, 0.29) is 36.2 Å². The summed E-state index contributed by atoms with van der Waals surface area (Å²) in [5, 5.41) is 0. The summed E-state index contributed by atoms with van der Waals surface area (Å²) in [6.45, 7) is 0.553. The first-order chi connectivity index (χ1) is 12.4. The molecule has 1 saturated heterocycles. The minimum Gasteiger partial charge on any atom is -0.311 e. The number of benzene rings is 2. The van der Waals surface area contributed by atoms with Gasteiger partial charge in [0.15, 0.2) is 9.84 Å². The first-order valence-electron chi connectivity index (χ1n) is 8.40. The summed E-state index contributed by atoms with van der Waals surface area (Å²) in [6.07, 6.45) is 0. The second-order valence-electron chi connectivity index (χ2n) is 6.35. The molecule has 1 aliphatic rings. The molecule has 1 amide bonds. The number of hydrogen-bond donors (Lipinski definition) is 0. The zero-order valence-electron chi connectivity index (χ0n) is 14.5. The smallest absolute Gasteiger partial charge is 0.248 e. The number of anilines is 1. The molecule has 0 N–H and O–H groups in total. The Morgan fingerprint density at radius 2 is 1.62 bits per heavy atom. The summed E-state index contributed by atoms with van der Waals surface area (Å²) in [6, 6.07) is 14.6. The van der Waals surface area contributed by atoms with E-state index in [1.165, 1.54) is 18.0 Å². The van der Waals surface area contributed by atoms with Crippen LogP contribution in [0.1, 0.15) is 11.6 Å². The first-order valence-corrected chi connectivity index (χ1v) is 10.2. The van der Waals surface area contributed by atoms with Crippen molar-refractivity contribution in [2.24, 2.45) is 0 Å². The van der Waals surface area contributed by atoms with Gasteiger partial charge in [-0.2, -0.15) is 0 Å². The monoisotopic (exact) mass is 376 g/mol. The summed E-state index contributed by atoms with van der Waals surface area (Å²) in [4.78, 5) is 16.4. The van der Waals surface area contributed by atoms with Gasteiger partial charge in [0.1, 0.15) is 11.9 Å². The third-order valence-corrected chi connectivity index (χ3v) is 6.25. The maximum Gasteiger partial charge on any atom is 0.248 e. The molecule has 5 nitrogen and oxygen atoms in total. The second-order valence-corrected chi connectivity index (χ2v) is 8.65. The Morgan fingerprint density at radius 3 is 2.23 bits per heavy atom. The molecule has 0 aromatic heterocycles. The highest BCUT2D eigenvalue weighted by Gasteiger charge is 2.34. The zero-order chi connectivity index (χ0) is 18.7. The average molecular weight is 376 g/mol. The van der Waals surface area contributed by atoms with Crippen LogP contribution in [-0.2, 0) is 14.6 Å². The van der Waals surface area contributed by atoms with Crippen molar-refractivity contribution in [3.63, 3.8) is 0 Å². The molecule has 0 aliphatic carbocycles. The Kier molecular flexibility index (Phi) is 5.38. The fourth-order valence-electron chi connectivity index (χ4n) is 3.16. The lowest BCUT2D eigenvalue weighted by Crippen LogP contribution is -2.48. The van der Waals surface area contributed by atoms with Crippen LogP contribution in [0.15, 0.2) is 54.6 Å². The predicted molar refractivity (Wildman–Crippen MR) is 99.2 cm³/mol. The van der Waals surface area contributed by atoms with Crippen LogP contribution in [0.2, 0.25) is 0 Å². The summed E-state index contributed by atoms with van der Waals surface area (Å²) < 4.78 is 37.6. The molecule has 1 heterocycles. The molecule has 7 heteroatoms. The van der Waals surface area contributed by atoms with Crippen molar-refractivity contribution in [2.75, 3.05) is 36.5 Å². The van der Waals surface area contributed by atoms with Crippen LogP contribution in [0.4, 0.5) is 10.1 Å². The number of amides is 1. The van der Waals surface area contributed by atoms with E-state index in [9.17, 15) is 17.6 Å². The van der Waals surface area contributed by atoms with E-state index in [4.69, 9.17) is 0 Å². The molecular weight excluding hydrogens is 355 g/mol. The van der Waals surface area contributed by atoms with Crippen molar-refractivity contribution in [1.82, 2.24) is 4.90 Å². The molecule has 138 valence electrons. The molecule has 1 aliphatic heterocycles. The molecule has 1 unspecified atom stereocenters. The highest BCUT2D eigenvalue weighted by atomic mass is 32.2. The van der Waals surface area contributed by atoms with Gasteiger partial charge in [0.05, 0.1) is 17.2 Å². The number of halogens is 1. The molecule has 3 rings (SSSR count).